The van der Waals surface area contributed by atoms with Crippen LogP contribution in [0.5, 0.6) is 11.5 Å². The molecule has 108 valence electrons. The summed E-state index contributed by atoms with van der Waals surface area (Å²) in [6, 6.07) is 15.7. The third kappa shape index (κ3) is 4.55. The maximum Gasteiger partial charge on any atom is 0.162 e. The molecule has 2 rings (SSSR count). The molecule has 3 heteroatoms. The molecule has 0 unspecified atom stereocenters. The van der Waals surface area contributed by atoms with Gasteiger partial charge in [-0.25, -0.2) is 0 Å². The van der Waals surface area contributed by atoms with Gasteiger partial charge in [0.05, 0.1) is 7.11 Å². The van der Waals surface area contributed by atoms with Crippen molar-refractivity contribution in [3.63, 3.8) is 0 Å². The summed E-state index contributed by atoms with van der Waals surface area (Å²) in [6.07, 6.45) is 0. The molecule has 0 atom stereocenters. The summed E-state index contributed by atoms with van der Waals surface area (Å²) in [6.45, 7) is 1.13. The fourth-order valence-electron chi connectivity index (χ4n) is 1.92. The summed E-state index contributed by atoms with van der Waals surface area (Å²) in [5.41, 5.74) is 2.13. The molecule has 0 spiro atoms. The fraction of sp³-hybridized carbons (Fsp3) is 0.222. The predicted molar refractivity (Wildman–Crippen MR) is 84.6 cm³/mol. The van der Waals surface area contributed by atoms with Crippen molar-refractivity contribution in [2.75, 3.05) is 20.8 Å². The van der Waals surface area contributed by atoms with Crippen molar-refractivity contribution in [1.29, 1.82) is 0 Å². The van der Waals surface area contributed by atoms with E-state index in [1.807, 2.05) is 55.6 Å². The maximum atomic E-state index is 5.66. The van der Waals surface area contributed by atoms with Crippen molar-refractivity contribution >= 4 is 0 Å². The van der Waals surface area contributed by atoms with Crippen molar-refractivity contribution in [2.45, 2.75) is 6.54 Å². The lowest BCUT2D eigenvalue weighted by molar-refractivity contribution is 0.330. The summed E-state index contributed by atoms with van der Waals surface area (Å²) in [5, 5.41) is 3.11. The predicted octanol–water partition coefficient (Wildman–Crippen LogP) is 2.85. The monoisotopic (exact) mass is 281 g/mol. The number of benzene rings is 2. The van der Waals surface area contributed by atoms with Crippen LogP contribution >= 0.6 is 0 Å². The number of ether oxygens (including phenoxy) is 2. The van der Waals surface area contributed by atoms with Gasteiger partial charge in [0.2, 0.25) is 0 Å². The molecule has 0 aliphatic carbocycles. The molecule has 0 aromatic heterocycles. The summed E-state index contributed by atoms with van der Waals surface area (Å²) in [5.74, 6) is 7.49. The fourth-order valence-corrected chi connectivity index (χ4v) is 1.92. The minimum atomic E-state index is 0.330. The Morgan fingerprint density at radius 3 is 2.57 bits per heavy atom. The van der Waals surface area contributed by atoms with Crippen LogP contribution in [0.1, 0.15) is 11.1 Å². The molecule has 21 heavy (non-hydrogen) atoms. The van der Waals surface area contributed by atoms with E-state index in [9.17, 15) is 0 Å². The zero-order valence-electron chi connectivity index (χ0n) is 12.3. The van der Waals surface area contributed by atoms with E-state index in [1.54, 1.807) is 7.11 Å². The van der Waals surface area contributed by atoms with Gasteiger partial charge in [0.15, 0.2) is 11.5 Å². The highest BCUT2D eigenvalue weighted by molar-refractivity contribution is 5.43. The molecule has 0 fully saturated rings. The lowest BCUT2D eigenvalue weighted by Gasteiger charge is -2.10. The molecule has 0 aliphatic heterocycles. The van der Waals surface area contributed by atoms with Gasteiger partial charge >= 0.3 is 0 Å². The van der Waals surface area contributed by atoms with Gasteiger partial charge in [-0.2, -0.15) is 0 Å². The van der Waals surface area contributed by atoms with Crippen LogP contribution in [0.4, 0.5) is 0 Å². The molecule has 0 bridgehead atoms. The quantitative estimate of drug-likeness (QED) is 0.855. The number of methoxy groups -OCH3 is 1. The van der Waals surface area contributed by atoms with Gasteiger partial charge in [-0.15, -0.1) is 0 Å². The summed E-state index contributed by atoms with van der Waals surface area (Å²) in [7, 11) is 3.55. The van der Waals surface area contributed by atoms with E-state index in [4.69, 9.17) is 9.47 Å². The van der Waals surface area contributed by atoms with Crippen LogP contribution in [0.25, 0.3) is 0 Å². The SMILES string of the molecule is CNCc1ccc(OCC#Cc2ccccc2)c(OC)c1. The summed E-state index contributed by atoms with van der Waals surface area (Å²) >= 11 is 0. The van der Waals surface area contributed by atoms with Crippen molar-refractivity contribution in [2.24, 2.45) is 0 Å². The van der Waals surface area contributed by atoms with Gasteiger partial charge < -0.3 is 14.8 Å². The van der Waals surface area contributed by atoms with Gasteiger partial charge in [0.1, 0.15) is 6.61 Å². The second-order valence-corrected chi connectivity index (χ2v) is 4.47. The zero-order chi connectivity index (χ0) is 14.9. The van der Waals surface area contributed by atoms with Crippen LogP contribution in [0.3, 0.4) is 0 Å². The Labute approximate surface area is 125 Å². The van der Waals surface area contributed by atoms with Crippen molar-refractivity contribution in [3.05, 3.63) is 59.7 Å². The van der Waals surface area contributed by atoms with Crippen LogP contribution < -0.4 is 14.8 Å². The van der Waals surface area contributed by atoms with E-state index >= 15 is 0 Å². The largest absolute Gasteiger partial charge is 0.493 e. The zero-order valence-corrected chi connectivity index (χ0v) is 12.3. The molecule has 2 aromatic carbocycles. The topological polar surface area (TPSA) is 30.5 Å². The Morgan fingerprint density at radius 1 is 1.05 bits per heavy atom. The third-order valence-corrected chi connectivity index (χ3v) is 2.92. The highest BCUT2D eigenvalue weighted by atomic mass is 16.5. The smallest absolute Gasteiger partial charge is 0.162 e. The molecule has 0 saturated heterocycles. The lowest BCUT2D eigenvalue weighted by Crippen LogP contribution is -2.05. The van der Waals surface area contributed by atoms with Gasteiger partial charge in [0.25, 0.3) is 0 Å². The van der Waals surface area contributed by atoms with Gasteiger partial charge in [-0.3, -0.25) is 0 Å². The first-order valence-corrected chi connectivity index (χ1v) is 6.81. The van der Waals surface area contributed by atoms with E-state index < -0.39 is 0 Å². The Bertz CT molecular complexity index is 627. The molecular formula is C18H19NO2. The Kier molecular flexibility index (Phi) is 5.69. The minimum Gasteiger partial charge on any atom is -0.493 e. The van der Waals surface area contributed by atoms with E-state index in [2.05, 4.69) is 17.2 Å². The average Bonchev–Trinajstić information content (AvgIpc) is 2.53. The first-order valence-electron chi connectivity index (χ1n) is 6.81. The standard InChI is InChI=1S/C18H19NO2/c1-19-14-16-10-11-17(18(13-16)20-2)21-12-6-9-15-7-4-3-5-8-15/h3-5,7-8,10-11,13,19H,12,14H2,1-2H3. The normalized spacial score (nSPS) is 9.62. The van der Waals surface area contributed by atoms with Crippen LogP contribution in [0, 0.1) is 11.8 Å². The number of hydrogen-bond donors (Lipinski definition) is 1. The molecule has 2 aromatic rings. The summed E-state index contributed by atoms with van der Waals surface area (Å²) in [4.78, 5) is 0. The molecule has 0 heterocycles. The number of rotatable bonds is 5. The number of nitrogens with one attached hydrogen (secondary N) is 1. The molecule has 1 N–H and O–H groups in total. The van der Waals surface area contributed by atoms with E-state index in [-0.39, 0.29) is 0 Å². The second-order valence-electron chi connectivity index (χ2n) is 4.47. The van der Waals surface area contributed by atoms with Crippen molar-refractivity contribution in [3.8, 4) is 23.3 Å². The molecule has 0 amide bonds. The van der Waals surface area contributed by atoms with Crippen LogP contribution in [0.2, 0.25) is 0 Å². The highest BCUT2D eigenvalue weighted by Gasteiger charge is 2.04. The lowest BCUT2D eigenvalue weighted by atomic mass is 10.2. The molecule has 0 aliphatic rings. The van der Waals surface area contributed by atoms with Crippen LogP contribution in [-0.4, -0.2) is 20.8 Å². The van der Waals surface area contributed by atoms with Crippen LogP contribution in [-0.2, 0) is 6.54 Å². The first kappa shape index (κ1) is 15.0. The Balaban J connectivity index is 1.98. The second kappa shape index (κ2) is 7.98. The first-order chi connectivity index (χ1) is 10.3. The molecule has 3 nitrogen and oxygen atoms in total. The maximum absolute atomic E-state index is 5.66. The van der Waals surface area contributed by atoms with Crippen molar-refractivity contribution in [1.82, 2.24) is 5.32 Å². The van der Waals surface area contributed by atoms with E-state index in [0.717, 1.165) is 23.4 Å². The van der Waals surface area contributed by atoms with Gasteiger partial charge in [-0.05, 0) is 36.9 Å². The van der Waals surface area contributed by atoms with Crippen molar-refractivity contribution < 1.29 is 9.47 Å². The van der Waals surface area contributed by atoms with E-state index in [0.29, 0.717) is 12.4 Å². The van der Waals surface area contributed by atoms with Gasteiger partial charge in [-0.1, -0.05) is 36.1 Å². The Hall–Kier alpha value is -2.44. The molecule has 0 radical (unpaired) electrons. The van der Waals surface area contributed by atoms with Crippen LogP contribution in [0.15, 0.2) is 48.5 Å². The average molecular weight is 281 g/mol. The van der Waals surface area contributed by atoms with E-state index in [1.165, 1.54) is 0 Å². The summed E-state index contributed by atoms with van der Waals surface area (Å²) < 4.78 is 11.0. The van der Waals surface area contributed by atoms with Gasteiger partial charge in [0, 0.05) is 12.1 Å². The Morgan fingerprint density at radius 2 is 1.86 bits per heavy atom. The molecular weight excluding hydrogens is 262 g/mol. The third-order valence-electron chi connectivity index (χ3n) is 2.92. The molecule has 0 saturated carbocycles. The highest BCUT2D eigenvalue weighted by Crippen LogP contribution is 2.27. The number of hydrogen-bond acceptors (Lipinski definition) is 3. The minimum absolute atomic E-state index is 0.330.